The lowest BCUT2D eigenvalue weighted by atomic mass is 9.84. The number of nitrogens with zero attached hydrogens (tertiary/aromatic N) is 6. The fourth-order valence-electron chi connectivity index (χ4n) is 4.93. The number of methoxy groups -OCH3 is 1. The first kappa shape index (κ1) is 28.0. The van der Waals surface area contributed by atoms with Crippen molar-refractivity contribution in [3.8, 4) is 0 Å². The van der Waals surface area contributed by atoms with Gasteiger partial charge in [-0.25, -0.2) is 24.4 Å². The number of anilines is 1. The Balaban J connectivity index is 1.75. The molecular formula is C26H32FN7O5. The maximum Gasteiger partial charge on any atom is 0.298 e. The van der Waals surface area contributed by atoms with Crippen LogP contribution >= 0.6 is 0 Å². The number of pyridine rings is 2. The number of hydroxylamine groups is 2. The molecule has 0 unspecified atom stereocenters. The first-order valence-corrected chi connectivity index (χ1v) is 12.4. The van der Waals surface area contributed by atoms with Gasteiger partial charge in [0.2, 0.25) is 5.91 Å². The van der Waals surface area contributed by atoms with Gasteiger partial charge < -0.3 is 15.0 Å². The number of nitrogens with one attached hydrogen (secondary N) is 1. The zero-order valence-corrected chi connectivity index (χ0v) is 22.8. The number of piperidine rings is 1. The van der Waals surface area contributed by atoms with Gasteiger partial charge in [-0.3, -0.25) is 23.8 Å². The number of aromatic nitrogens is 4. The van der Waals surface area contributed by atoms with Gasteiger partial charge in [-0.05, 0) is 31.9 Å². The average molecular weight is 542 g/mol. The summed E-state index contributed by atoms with van der Waals surface area (Å²) < 4.78 is 22.7. The van der Waals surface area contributed by atoms with Crippen molar-refractivity contribution in [3.05, 3.63) is 57.6 Å². The normalized spacial score (nSPS) is 15.7. The van der Waals surface area contributed by atoms with Gasteiger partial charge in [0, 0.05) is 53.0 Å². The zero-order chi connectivity index (χ0) is 28.5. The predicted molar refractivity (Wildman–Crippen MR) is 140 cm³/mol. The number of ether oxygens (including phenoxy) is 1. The molecule has 0 spiro atoms. The van der Waals surface area contributed by atoms with Crippen molar-refractivity contribution in [2.75, 3.05) is 39.7 Å². The van der Waals surface area contributed by atoms with Crippen LogP contribution in [0, 0.1) is 5.82 Å². The molecule has 3 aromatic rings. The molecule has 0 bridgehead atoms. The summed E-state index contributed by atoms with van der Waals surface area (Å²) in [5.74, 6) is -1.16. The van der Waals surface area contributed by atoms with E-state index in [1.165, 1.54) is 44.2 Å². The van der Waals surface area contributed by atoms with Crippen LogP contribution in [-0.2, 0) is 27.0 Å². The third kappa shape index (κ3) is 5.06. The zero-order valence-electron chi connectivity index (χ0n) is 22.8. The molecule has 1 fully saturated rings. The Morgan fingerprint density at radius 2 is 1.90 bits per heavy atom. The molecule has 1 aliphatic heterocycles. The highest BCUT2D eigenvalue weighted by Crippen LogP contribution is 2.36. The molecule has 3 aromatic heterocycles. The second-order valence-corrected chi connectivity index (χ2v) is 9.50. The molecule has 1 N–H and O–H groups in total. The maximum atomic E-state index is 15.4. The number of halogens is 1. The molecule has 12 nitrogen and oxygen atoms in total. The minimum absolute atomic E-state index is 0.0259. The van der Waals surface area contributed by atoms with Crippen molar-refractivity contribution in [2.24, 2.45) is 7.05 Å². The number of carbonyl (C=O) groups is 2. The van der Waals surface area contributed by atoms with Crippen LogP contribution < -0.4 is 10.9 Å². The molecule has 1 saturated heterocycles. The van der Waals surface area contributed by atoms with Crippen LogP contribution in [-0.4, -0.2) is 75.7 Å². The Bertz CT molecular complexity index is 1470. The summed E-state index contributed by atoms with van der Waals surface area (Å²) in [4.78, 5) is 57.0. The van der Waals surface area contributed by atoms with Crippen LogP contribution in [0.25, 0.3) is 11.0 Å². The molecular weight excluding hydrogens is 509 g/mol. The minimum Gasteiger partial charge on any atom is -0.373 e. The van der Waals surface area contributed by atoms with Crippen molar-refractivity contribution >= 4 is 28.7 Å². The number of carbonyl (C=O) groups excluding carboxylic acids is 2. The second kappa shape index (κ2) is 11.0. The van der Waals surface area contributed by atoms with E-state index in [1.807, 2.05) is 0 Å². The highest BCUT2D eigenvalue weighted by atomic mass is 19.1. The standard InChI is InChI=1S/C26H32FN7O5/c1-15(17-7-10-28-21(20(17)27)25(37)33(4)39-6)31-22-18-13-19(24(36)32(3)23(18)30-14-29-22)26(38-5)8-11-34(12-9-26)16(2)35/h7,10,13-15H,8-9,11-12H2,1-6H3,(H,29,30,31)/t15-/m1/s1. The highest BCUT2D eigenvalue weighted by molar-refractivity contribution is 5.92. The largest absolute Gasteiger partial charge is 0.373 e. The van der Waals surface area contributed by atoms with Crippen LogP contribution in [0.3, 0.4) is 0 Å². The van der Waals surface area contributed by atoms with E-state index in [-0.39, 0.29) is 22.7 Å². The van der Waals surface area contributed by atoms with Gasteiger partial charge in [0.15, 0.2) is 11.5 Å². The topological polar surface area (TPSA) is 132 Å². The van der Waals surface area contributed by atoms with E-state index in [4.69, 9.17) is 9.57 Å². The molecule has 1 aliphatic rings. The number of hydrogen-bond donors (Lipinski definition) is 1. The third-order valence-electron chi connectivity index (χ3n) is 7.40. The van der Waals surface area contributed by atoms with Gasteiger partial charge in [-0.1, -0.05) is 0 Å². The van der Waals surface area contributed by atoms with Gasteiger partial charge in [-0.15, -0.1) is 0 Å². The van der Waals surface area contributed by atoms with Crippen LogP contribution in [0.15, 0.2) is 29.5 Å². The Morgan fingerprint density at radius 1 is 1.21 bits per heavy atom. The number of amides is 2. The minimum atomic E-state index is -0.895. The molecule has 13 heteroatoms. The number of rotatable bonds is 7. The van der Waals surface area contributed by atoms with Gasteiger partial charge in [0.25, 0.3) is 11.5 Å². The molecule has 0 aromatic carbocycles. The third-order valence-corrected chi connectivity index (χ3v) is 7.40. The Labute approximate surface area is 224 Å². The quantitative estimate of drug-likeness (QED) is 0.447. The smallest absolute Gasteiger partial charge is 0.298 e. The van der Waals surface area contributed by atoms with E-state index in [0.717, 1.165) is 5.06 Å². The number of likely N-dealkylation sites (tertiary alicyclic amines) is 1. The molecule has 2 amide bonds. The summed E-state index contributed by atoms with van der Waals surface area (Å²) >= 11 is 0. The lowest BCUT2D eigenvalue weighted by Gasteiger charge is -2.40. The fraction of sp³-hybridized carbons (Fsp3) is 0.462. The molecule has 4 heterocycles. The van der Waals surface area contributed by atoms with Gasteiger partial charge in [-0.2, -0.15) is 0 Å². The maximum absolute atomic E-state index is 15.4. The number of fused-ring (bicyclic) bond motifs is 1. The molecule has 0 radical (unpaired) electrons. The molecule has 208 valence electrons. The van der Waals surface area contributed by atoms with E-state index < -0.39 is 23.4 Å². The summed E-state index contributed by atoms with van der Waals surface area (Å²) in [6.45, 7) is 4.15. The Kier molecular flexibility index (Phi) is 7.93. The monoisotopic (exact) mass is 541 g/mol. The van der Waals surface area contributed by atoms with Gasteiger partial charge in [0.1, 0.15) is 23.4 Å². The van der Waals surface area contributed by atoms with E-state index in [2.05, 4.69) is 20.3 Å². The van der Waals surface area contributed by atoms with E-state index in [1.54, 1.807) is 32.0 Å². The summed E-state index contributed by atoms with van der Waals surface area (Å²) in [5.41, 5.74) is -0.522. The summed E-state index contributed by atoms with van der Waals surface area (Å²) in [5, 5.41) is 4.62. The van der Waals surface area contributed by atoms with Crippen LogP contribution in [0.1, 0.15) is 54.3 Å². The SMILES string of the molecule is CON(C)C(=O)c1nccc([C@@H](C)Nc2ncnc3c2cc(C2(OC)CCN(C(C)=O)CC2)c(=O)n3C)c1F. The molecule has 0 saturated carbocycles. The van der Waals surface area contributed by atoms with Crippen molar-refractivity contribution in [3.63, 3.8) is 0 Å². The molecule has 39 heavy (non-hydrogen) atoms. The van der Waals surface area contributed by atoms with E-state index in [9.17, 15) is 14.4 Å². The molecule has 1 atom stereocenters. The number of hydrogen-bond acceptors (Lipinski definition) is 9. The fourth-order valence-corrected chi connectivity index (χ4v) is 4.93. The number of aryl methyl sites for hydroxylation is 1. The van der Waals surface area contributed by atoms with Gasteiger partial charge >= 0.3 is 0 Å². The lowest BCUT2D eigenvalue weighted by molar-refractivity contribution is -0.135. The van der Waals surface area contributed by atoms with Crippen molar-refractivity contribution in [2.45, 2.75) is 38.3 Å². The lowest BCUT2D eigenvalue weighted by Crippen LogP contribution is -2.48. The summed E-state index contributed by atoms with van der Waals surface area (Å²) in [6, 6.07) is 2.55. The second-order valence-electron chi connectivity index (χ2n) is 9.50. The Morgan fingerprint density at radius 3 is 2.51 bits per heavy atom. The van der Waals surface area contributed by atoms with Crippen LogP contribution in [0.5, 0.6) is 0 Å². The van der Waals surface area contributed by atoms with Crippen molar-refractivity contribution in [1.82, 2.24) is 29.5 Å². The summed E-state index contributed by atoms with van der Waals surface area (Å²) in [7, 11) is 5.84. The highest BCUT2D eigenvalue weighted by Gasteiger charge is 2.40. The van der Waals surface area contributed by atoms with Crippen LogP contribution in [0.2, 0.25) is 0 Å². The summed E-state index contributed by atoms with van der Waals surface area (Å²) in [6.07, 6.45) is 3.57. The molecule has 0 aliphatic carbocycles. The Hall–Kier alpha value is -3.97. The first-order valence-electron chi connectivity index (χ1n) is 12.4. The van der Waals surface area contributed by atoms with Crippen molar-refractivity contribution in [1.29, 1.82) is 0 Å². The van der Waals surface area contributed by atoms with Crippen molar-refractivity contribution < 1.29 is 23.6 Å². The van der Waals surface area contributed by atoms with Gasteiger partial charge in [0.05, 0.1) is 24.1 Å². The molecule has 4 rings (SSSR count). The predicted octanol–water partition coefficient (Wildman–Crippen LogP) is 2.15. The van der Waals surface area contributed by atoms with Crippen LogP contribution in [0.4, 0.5) is 10.2 Å². The first-order chi connectivity index (χ1) is 18.5. The van der Waals surface area contributed by atoms with E-state index >= 15 is 4.39 Å². The van der Waals surface area contributed by atoms with E-state index in [0.29, 0.717) is 48.3 Å². The average Bonchev–Trinajstić information content (AvgIpc) is 2.94.